The number of nitriles is 1. The Kier molecular flexibility index (Phi) is 4.24. The highest BCUT2D eigenvalue weighted by atomic mass is 15.2. The van der Waals surface area contributed by atoms with E-state index >= 15 is 0 Å². The summed E-state index contributed by atoms with van der Waals surface area (Å²) < 4.78 is 0. The van der Waals surface area contributed by atoms with E-state index in [2.05, 4.69) is 39.8 Å². The molecule has 1 atom stereocenters. The van der Waals surface area contributed by atoms with E-state index in [1.165, 1.54) is 0 Å². The van der Waals surface area contributed by atoms with Crippen LogP contribution < -0.4 is 4.90 Å². The summed E-state index contributed by atoms with van der Waals surface area (Å²) >= 11 is 0. The average Bonchev–Trinajstić information content (AvgIpc) is 2.62. The SMILES string of the molecule is CC(C)c1cc(N2CCCC(C#N)(c3ccccn3)C2)ncn1. The molecule has 5 nitrogen and oxygen atoms in total. The van der Waals surface area contributed by atoms with Crippen molar-refractivity contribution in [2.24, 2.45) is 0 Å². The van der Waals surface area contributed by atoms with Gasteiger partial charge in [-0.25, -0.2) is 9.97 Å². The van der Waals surface area contributed by atoms with Crippen LogP contribution in [0.1, 0.15) is 44.0 Å². The number of piperidine rings is 1. The van der Waals surface area contributed by atoms with Gasteiger partial charge in [-0.2, -0.15) is 5.26 Å². The van der Waals surface area contributed by atoms with Crippen LogP contribution in [-0.2, 0) is 5.41 Å². The molecule has 0 N–H and O–H groups in total. The van der Waals surface area contributed by atoms with Crippen molar-refractivity contribution in [2.75, 3.05) is 18.0 Å². The molecule has 3 rings (SSSR count). The first-order valence-electron chi connectivity index (χ1n) is 8.04. The van der Waals surface area contributed by atoms with E-state index in [1.54, 1.807) is 12.5 Å². The largest absolute Gasteiger partial charge is 0.355 e. The highest BCUT2D eigenvalue weighted by molar-refractivity contribution is 5.44. The van der Waals surface area contributed by atoms with Crippen molar-refractivity contribution in [1.82, 2.24) is 15.0 Å². The number of anilines is 1. The van der Waals surface area contributed by atoms with E-state index < -0.39 is 5.41 Å². The Bertz CT molecular complexity index is 707. The molecule has 1 fully saturated rings. The molecule has 0 aromatic carbocycles. The molecule has 1 aliphatic heterocycles. The molecule has 1 unspecified atom stereocenters. The fourth-order valence-electron chi connectivity index (χ4n) is 3.10. The van der Waals surface area contributed by atoms with Crippen LogP contribution in [0.4, 0.5) is 5.82 Å². The first-order valence-corrected chi connectivity index (χ1v) is 8.04. The normalized spacial score (nSPS) is 21.2. The number of hydrogen-bond donors (Lipinski definition) is 0. The van der Waals surface area contributed by atoms with Crippen molar-refractivity contribution in [1.29, 1.82) is 5.26 Å². The van der Waals surface area contributed by atoms with Crippen molar-refractivity contribution in [3.63, 3.8) is 0 Å². The Morgan fingerprint density at radius 1 is 1.26 bits per heavy atom. The van der Waals surface area contributed by atoms with Gasteiger partial charge < -0.3 is 4.90 Å². The number of hydrogen-bond acceptors (Lipinski definition) is 5. The molecule has 0 spiro atoms. The zero-order valence-corrected chi connectivity index (χ0v) is 13.6. The first-order chi connectivity index (χ1) is 11.1. The molecule has 2 aromatic heterocycles. The lowest BCUT2D eigenvalue weighted by Crippen LogP contribution is -2.46. The van der Waals surface area contributed by atoms with Gasteiger partial charge in [0.05, 0.1) is 11.8 Å². The third-order valence-electron chi connectivity index (χ3n) is 4.45. The highest BCUT2D eigenvalue weighted by Gasteiger charge is 2.39. The molecule has 0 bridgehead atoms. The lowest BCUT2D eigenvalue weighted by molar-refractivity contribution is 0.414. The van der Waals surface area contributed by atoms with Crippen molar-refractivity contribution in [3.8, 4) is 6.07 Å². The standard InChI is InChI=1S/C18H21N5/c1-14(2)15-10-17(22-13-21-15)23-9-5-7-18(11-19,12-23)16-6-3-4-8-20-16/h3-4,6,8,10,13-14H,5,7,9,12H2,1-2H3. The Balaban J connectivity index is 1.91. The summed E-state index contributed by atoms with van der Waals surface area (Å²) in [5.41, 5.74) is 1.31. The van der Waals surface area contributed by atoms with Gasteiger partial charge in [-0.3, -0.25) is 4.98 Å². The fraction of sp³-hybridized carbons (Fsp3) is 0.444. The molecule has 0 amide bonds. The van der Waals surface area contributed by atoms with Crippen LogP contribution in [0.2, 0.25) is 0 Å². The third-order valence-corrected chi connectivity index (χ3v) is 4.45. The monoisotopic (exact) mass is 307 g/mol. The van der Waals surface area contributed by atoms with Crippen molar-refractivity contribution in [2.45, 2.75) is 38.0 Å². The topological polar surface area (TPSA) is 65.7 Å². The minimum absolute atomic E-state index is 0.359. The molecule has 2 aromatic rings. The van der Waals surface area contributed by atoms with Crippen LogP contribution in [0, 0.1) is 11.3 Å². The van der Waals surface area contributed by atoms with Gasteiger partial charge in [0.1, 0.15) is 17.6 Å². The second kappa shape index (κ2) is 6.33. The van der Waals surface area contributed by atoms with E-state index in [1.807, 2.05) is 24.3 Å². The van der Waals surface area contributed by atoms with Crippen molar-refractivity contribution < 1.29 is 0 Å². The lowest BCUT2D eigenvalue weighted by atomic mass is 9.78. The van der Waals surface area contributed by atoms with E-state index in [0.29, 0.717) is 12.5 Å². The Morgan fingerprint density at radius 2 is 2.13 bits per heavy atom. The summed E-state index contributed by atoms with van der Waals surface area (Å²) in [6, 6.07) is 10.3. The predicted molar refractivity (Wildman–Crippen MR) is 89.1 cm³/mol. The van der Waals surface area contributed by atoms with Crippen LogP contribution in [0.15, 0.2) is 36.8 Å². The molecule has 0 aliphatic carbocycles. The van der Waals surface area contributed by atoms with Crippen LogP contribution >= 0.6 is 0 Å². The van der Waals surface area contributed by atoms with E-state index in [0.717, 1.165) is 36.6 Å². The minimum Gasteiger partial charge on any atom is -0.355 e. The number of nitrogens with zero attached hydrogens (tertiary/aromatic N) is 5. The summed E-state index contributed by atoms with van der Waals surface area (Å²) in [6.45, 7) is 5.77. The molecule has 5 heteroatoms. The summed E-state index contributed by atoms with van der Waals surface area (Å²) in [5.74, 6) is 1.26. The second-order valence-corrected chi connectivity index (χ2v) is 6.39. The van der Waals surface area contributed by atoms with Gasteiger partial charge in [0, 0.05) is 31.0 Å². The molecular weight excluding hydrogens is 286 g/mol. The van der Waals surface area contributed by atoms with E-state index in [9.17, 15) is 5.26 Å². The minimum atomic E-state index is -0.567. The van der Waals surface area contributed by atoms with Crippen LogP contribution in [0.5, 0.6) is 0 Å². The Morgan fingerprint density at radius 3 is 2.83 bits per heavy atom. The van der Waals surface area contributed by atoms with Gasteiger partial charge in [-0.15, -0.1) is 0 Å². The third kappa shape index (κ3) is 3.02. The second-order valence-electron chi connectivity index (χ2n) is 6.39. The molecule has 3 heterocycles. The van der Waals surface area contributed by atoms with Gasteiger partial charge in [0.2, 0.25) is 0 Å². The van der Waals surface area contributed by atoms with Crippen molar-refractivity contribution >= 4 is 5.82 Å². The Labute approximate surface area is 137 Å². The first kappa shape index (κ1) is 15.4. The highest BCUT2D eigenvalue weighted by Crippen LogP contribution is 2.34. The van der Waals surface area contributed by atoms with Gasteiger partial charge >= 0.3 is 0 Å². The summed E-state index contributed by atoms with van der Waals surface area (Å²) in [5, 5.41) is 9.85. The molecule has 23 heavy (non-hydrogen) atoms. The van der Waals surface area contributed by atoms with E-state index in [4.69, 9.17) is 0 Å². The summed E-state index contributed by atoms with van der Waals surface area (Å²) in [4.78, 5) is 15.4. The predicted octanol–water partition coefficient (Wildman–Crippen LogP) is 3.06. The lowest BCUT2D eigenvalue weighted by Gasteiger charge is -2.38. The molecule has 118 valence electrons. The molecular formula is C18H21N5. The molecule has 0 radical (unpaired) electrons. The summed E-state index contributed by atoms with van der Waals surface area (Å²) in [7, 11) is 0. The van der Waals surface area contributed by atoms with Gasteiger partial charge in [-0.05, 0) is 30.9 Å². The number of rotatable bonds is 3. The van der Waals surface area contributed by atoms with Crippen LogP contribution in [-0.4, -0.2) is 28.0 Å². The van der Waals surface area contributed by atoms with Crippen molar-refractivity contribution in [3.05, 3.63) is 48.2 Å². The fourth-order valence-corrected chi connectivity index (χ4v) is 3.10. The smallest absolute Gasteiger partial charge is 0.132 e. The quantitative estimate of drug-likeness (QED) is 0.872. The zero-order chi connectivity index (χ0) is 16.3. The maximum Gasteiger partial charge on any atom is 0.132 e. The van der Waals surface area contributed by atoms with Gasteiger partial charge in [-0.1, -0.05) is 19.9 Å². The Hall–Kier alpha value is -2.48. The zero-order valence-electron chi connectivity index (χ0n) is 13.6. The van der Waals surface area contributed by atoms with E-state index in [-0.39, 0.29) is 0 Å². The molecule has 1 saturated heterocycles. The average molecular weight is 307 g/mol. The molecule has 0 saturated carbocycles. The van der Waals surface area contributed by atoms with Gasteiger partial charge in [0.15, 0.2) is 0 Å². The maximum absolute atomic E-state index is 9.85. The van der Waals surface area contributed by atoms with Gasteiger partial charge in [0.25, 0.3) is 0 Å². The number of aromatic nitrogens is 3. The molecule has 1 aliphatic rings. The maximum atomic E-state index is 9.85. The van der Waals surface area contributed by atoms with Crippen LogP contribution in [0.3, 0.4) is 0 Å². The van der Waals surface area contributed by atoms with Crippen LogP contribution in [0.25, 0.3) is 0 Å². The summed E-state index contributed by atoms with van der Waals surface area (Å²) in [6.07, 6.45) is 5.16. The number of pyridine rings is 1.